The predicted octanol–water partition coefficient (Wildman–Crippen LogP) is 2.21. The van der Waals surface area contributed by atoms with Gasteiger partial charge in [0.25, 0.3) is 0 Å². The molecule has 2 heterocycles. The molecule has 0 aliphatic carbocycles. The number of aromatic nitrogens is 5. The number of nitrogens with zero attached hydrogens (tertiary/aromatic N) is 5. The molecule has 156 valence electrons. The van der Waals surface area contributed by atoms with E-state index >= 15 is 0 Å². The van der Waals surface area contributed by atoms with Crippen LogP contribution in [0.2, 0.25) is 0 Å². The average Bonchev–Trinajstić information content (AvgIpc) is 3.20. The van der Waals surface area contributed by atoms with Gasteiger partial charge >= 0.3 is 0 Å². The zero-order valence-electron chi connectivity index (χ0n) is 17.5. The lowest BCUT2D eigenvalue weighted by Crippen LogP contribution is -2.41. The van der Waals surface area contributed by atoms with Crippen LogP contribution in [0, 0.1) is 0 Å². The van der Waals surface area contributed by atoms with E-state index in [0.29, 0.717) is 36.6 Å². The third-order valence-corrected chi connectivity index (χ3v) is 4.62. The van der Waals surface area contributed by atoms with Crippen LogP contribution < -0.4 is 10.1 Å². The molecule has 28 heavy (non-hydrogen) atoms. The van der Waals surface area contributed by atoms with Gasteiger partial charge in [-0.2, -0.15) is 0 Å². The molecule has 0 saturated carbocycles. The van der Waals surface area contributed by atoms with Gasteiger partial charge in [0.15, 0.2) is 11.0 Å². The smallest absolute Gasteiger partial charge is 0.243 e. The molecule has 2 aromatic rings. The Morgan fingerprint density at radius 1 is 1.29 bits per heavy atom. The summed E-state index contributed by atoms with van der Waals surface area (Å²) in [4.78, 5) is 12.2. The highest BCUT2D eigenvalue weighted by atomic mass is 32.2. The number of ether oxygens (including phenoxy) is 2. The second kappa shape index (κ2) is 9.92. The number of hydrogen-bond donors (Lipinski definition) is 1. The number of aryl methyl sites for hydroxylation is 1. The Kier molecular flexibility index (Phi) is 7.88. The van der Waals surface area contributed by atoms with Gasteiger partial charge in [-0.15, -0.1) is 15.3 Å². The number of methoxy groups -OCH3 is 1. The zero-order valence-corrected chi connectivity index (χ0v) is 18.3. The van der Waals surface area contributed by atoms with Crippen molar-refractivity contribution in [2.24, 2.45) is 0 Å². The van der Waals surface area contributed by atoms with Crippen LogP contribution in [0.4, 0.5) is 0 Å². The predicted molar refractivity (Wildman–Crippen MR) is 109 cm³/mol. The number of amides is 1. The van der Waals surface area contributed by atoms with Crippen molar-refractivity contribution in [2.75, 3.05) is 26.1 Å². The summed E-state index contributed by atoms with van der Waals surface area (Å²) < 4.78 is 14.7. The summed E-state index contributed by atoms with van der Waals surface area (Å²) in [6.07, 6.45) is 1.90. The molecular weight excluding hydrogens is 380 g/mol. The van der Waals surface area contributed by atoms with Gasteiger partial charge in [-0.1, -0.05) is 11.8 Å². The van der Waals surface area contributed by atoms with Crippen LogP contribution >= 0.6 is 11.8 Å². The van der Waals surface area contributed by atoms with E-state index < -0.39 is 0 Å². The van der Waals surface area contributed by atoms with Gasteiger partial charge in [-0.3, -0.25) is 14.0 Å². The van der Waals surface area contributed by atoms with Crippen molar-refractivity contribution in [3.05, 3.63) is 6.20 Å². The van der Waals surface area contributed by atoms with Gasteiger partial charge in [-0.25, -0.2) is 0 Å². The fraction of sp³-hybridized carbons (Fsp3) is 0.667. The maximum Gasteiger partial charge on any atom is 0.243 e. The summed E-state index contributed by atoms with van der Waals surface area (Å²) >= 11 is 1.35. The molecule has 0 aliphatic heterocycles. The molecule has 2 rings (SSSR count). The number of thioether (sulfide) groups is 1. The van der Waals surface area contributed by atoms with Gasteiger partial charge in [-0.05, 0) is 34.6 Å². The van der Waals surface area contributed by atoms with Crippen molar-refractivity contribution in [3.8, 4) is 17.3 Å². The quantitative estimate of drug-likeness (QED) is 0.600. The van der Waals surface area contributed by atoms with Crippen LogP contribution in [0.1, 0.15) is 34.6 Å². The van der Waals surface area contributed by atoms with Crippen LogP contribution in [0.25, 0.3) is 11.4 Å². The number of carbonyl (C=O) groups excluding carboxylic acids is 1. The van der Waals surface area contributed by atoms with E-state index in [1.807, 2.05) is 45.4 Å². The van der Waals surface area contributed by atoms with Gasteiger partial charge in [0.2, 0.25) is 11.8 Å². The number of rotatable bonds is 10. The summed E-state index contributed by atoms with van der Waals surface area (Å²) in [5.74, 6) is 1.39. The zero-order chi connectivity index (χ0) is 20.7. The summed E-state index contributed by atoms with van der Waals surface area (Å²) in [6.45, 7) is 12.1. The molecule has 1 amide bonds. The van der Waals surface area contributed by atoms with Crippen molar-refractivity contribution in [1.82, 2.24) is 29.9 Å². The van der Waals surface area contributed by atoms with Crippen molar-refractivity contribution in [3.63, 3.8) is 0 Å². The topological polar surface area (TPSA) is 96.1 Å². The first kappa shape index (κ1) is 22.2. The molecule has 9 nitrogen and oxygen atoms in total. The standard InChI is InChI=1S/C18H30N6O3S/c1-7-23-11-13(16(22-23)27-8-2)15-20-21-17(24(15)9-10-26-6)28-12-14(25)19-18(3,4)5/h11H,7-10,12H2,1-6H3,(H,19,25). The minimum absolute atomic E-state index is 0.0471. The first-order chi connectivity index (χ1) is 13.3. The second-order valence-corrected chi connectivity index (χ2v) is 8.12. The van der Waals surface area contributed by atoms with E-state index in [2.05, 4.69) is 20.6 Å². The third-order valence-electron chi connectivity index (χ3n) is 3.66. The van der Waals surface area contributed by atoms with Crippen LogP contribution in [0.15, 0.2) is 11.4 Å². The largest absolute Gasteiger partial charge is 0.476 e. The van der Waals surface area contributed by atoms with Crippen LogP contribution in [-0.2, 0) is 22.6 Å². The molecule has 2 aromatic heterocycles. The van der Waals surface area contributed by atoms with E-state index in [1.54, 1.807) is 11.8 Å². The molecule has 0 saturated heterocycles. The van der Waals surface area contributed by atoms with E-state index in [4.69, 9.17) is 9.47 Å². The lowest BCUT2D eigenvalue weighted by Gasteiger charge is -2.20. The van der Waals surface area contributed by atoms with Crippen LogP contribution in [-0.4, -0.2) is 62.1 Å². The fourth-order valence-corrected chi connectivity index (χ4v) is 3.29. The molecular formula is C18H30N6O3S. The van der Waals surface area contributed by atoms with Gasteiger partial charge in [0.1, 0.15) is 5.56 Å². The van der Waals surface area contributed by atoms with Gasteiger partial charge in [0, 0.05) is 25.4 Å². The summed E-state index contributed by atoms with van der Waals surface area (Å²) in [7, 11) is 1.65. The van der Waals surface area contributed by atoms with Crippen molar-refractivity contribution < 1.29 is 14.3 Å². The van der Waals surface area contributed by atoms with E-state index in [9.17, 15) is 4.79 Å². The van der Waals surface area contributed by atoms with E-state index in [-0.39, 0.29) is 17.2 Å². The third kappa shape index (κ3) is 5.96. The molecule has 0 atom stereocenters. The Bertz CT molecular complexity index is 781. The van der Waals surface area contributed by atoms with Crippen molar-refractivity contribution >= 4 is 17.7 Å². The van der Waals surface area contributed by atoms with Crippen molar-refractivity contribution in [2.45, 2.75) is 58.4 Å². The van der Waals surface area contributed by atoms with Gasteiger partial charge in [0.05, 0.1) is 25.5 Å². The van der Waals surface area contributed by atoms with E-state index in [0.717, 1.165) is 12.1 Å². The first-order valence-electron chi connectivity index (χ1n) is 9.35. The Morgan fingerprint density at radius 3 is 2.64 bits per heavy atom. The second-order valence-electron chi connectivity index (χ2n) is 7.17. The Labute approximate surface area is 170 Å². The molecule has 0 unspecified atom stereocenters. The molecule has 0 spiro atoms. The Hall–Kier alpha value is -2.07. The molecule has 0 aromatic carbocycles. The van der Waals surface area contributed by atoms with Crippen LogP contribution in [0.5, 0.6) is 5.88 Å². The number of nitrogens with one attached hydrogen (secondary N) is 1. The number of hydrogen-bond acceptors (Lipinski definition) is 7. The van der Waals surface area contributed by atoms with Crippen LogP contribution in [0.3, 0.4) is 0 Å². The highest BCUT2D eigenvalue weighted by Crippen LogP contribution is 2.30. The minimum Gasteiger partial charge on any atom is -0.476 e. The SMILES string of the molecule is CCOc1nn(CC)cc1-c1nnc(SCC(=O)NC(C)(C)C)n1CCOC. The van der Waals surface area contributed by atoms with E-state index in [1.165, 1.54) is 11.8 Å². The monoisotopic (exact) mass is 410 g/mol. The highest BCUT2D eigenvalue weighted by molar-refractivity contribution is 7.99. The molecule has 0 aliphatic rings. The Morgan fingerprint density at radius 2 is 2.04 bits per heavy atom. The lowest BCUT2D eigenvalue weighted by molar-refractivity contribution is -0.119. The minimum atomic E-state index is -0.270. The fourth-order valence-electron chi connectivity index (χ4n) is 2.53. The molecule has 0 radical (unpaired) electrons. The molecule has 0 fully saturated rings. The van der Waals surface area contributed by atoms with Crippen molar-refractivity contribution in [1.29, 1.82) is 0 Å². The number of carbonyl (C=O) groups is 1. The maximum atomic E-state index is 12.2. The average molecular weight is 411 g/mol. The molecule has 0 bridgehead atoms. The summed E-state index contributed by atoms with van der Waals surface area (Å²) in [5, 5.41) is 16.7. The maximum absolute atomic E-state index is 12.2. The summed E-state index contributed by atoms with van der Waals surface area (Å²) in [6, 6.07) is 0. The normalized spacial score (nSPS) is 11.6. The first-order valence-corrected chi connectivity index (χ1v) is 10.3. The molecule has 10 heteroatoms. The summed E-state index contributed by atoms with van der Waals surface area (Å²) in [5.41, 5.74) is 0.506. The Balaban J connectivity index is 2.29. The highest BCUT2D eigenvalue weighted by Gasteiger charge is 2.22. The van der Waals surface area contributed by atoms with Gasteiger partial charge < -0.3 is 14.8 Å². The molecule has 1 N–H and O–H groups in total. The lowest BCUT2D eigenvalue weighted by atomic mass is 10.1.